The molecule has 0 bridgehead atoms. The zero-order chi connectivity index (χ0) is 20.9. The second-order valence-electron chi connectivity index (χ2n) is 7.29. The first kappa shape index (κ1) is 21.6. The Kier molecular flexibility index (Phi) is 6.91. The van der Waals surface area contributed by atoms with Gasteiger partial charge in [0, 0.05) is 18.2 Å². The standard InChI is InChI=1S/C21H25ClN2O4/c1-21(2,3)24(12-14-8-6-5-7-9-14)19(25)13-28-20(26)15-10-16(22)17(23)11-18(15)27-4/h5-11H,12-13,23H2,1-4H3. The maximum absolute atomic E-state index is 12.8. The van der Waals surface area contributed by atoms with E-state index in [1.807, 2.05) is 51.1 Å². The van der Waals surface area contributed by atoms with Crippen molar-refractivity contribution in [1.82, 2.24) is 4.90 Å². The molecule has 0 radical (unpaired) electrons. The Labute approximate surface area is 170 Å². The van der Waals surface area contributed by atoms with Crippen molar-refractivity contribution in [1.29, 1.82) is 0 Å². The minimum absolute atomic E-state index is 0.111. The zero-order valence-corrected chi connectivity index (χ0v) is 17.2. The van der Waals surface area contributed by atoms with E-state index in [2.05, 4.69) is 0 Å². The molecule has 1 amide bonds. The number of carbonyl (C=O) groups excluding carboxylic acids is 2. The number of hydrogen-bond acceptors (Lipinski definition) is 5. The van der Waals surface area contributed by atoms with Crippen molar-refractivity contribution in [3.8, 4) is 5.75 Å². The van der Waals surface area contributed by atoms with Gasteiger partial charge in [0.2, 0.25) is 0 Å². The molecular weight excluding hydrogens is 380 g/mol. The number of carbonyl (C=O) groups is 2. The summed E-state index contributed by atoms with van der Waals surface area (Å²) in [5, 5.41) is 0.208. The monoisotopic (exact) mass is 404 g/mol. The van der Waals surface area contributed by atoms with E-state index in [9.17, 15) is 9.59 Å². The van der Waals surface area contributed by atoms with Crippen LogP contribution in [0.25, 0.3) is 0 Å². The summed E-state index contributed by atoms with van der Waals surface area (Å²) in [6.07, 6.45) is 0. The highest BCUT2D eigenvalue weighted by molar-refractivity contribution is 6.33. The molecular formula is C21H25ClN2O4. The van der Waals surface area contributed by atoms with Gasteiger partial charge in [0.05, 0.1) is 17.8 Å². The fourth-order valence-electron chi connectivity index (χ4n) is 2.65. The van der Waals surface area contributed by atoms with Crippen LogP contribution in [0, 0.1) is 0 Å². The number of anilines is 1. The van der Waals surface area contributed by atoms with Crippen LogP contribution in [0.4, 0.5) is 5.69 Å². The van der Waals surface area contributed by atoms with Crippen molar-refractivity contribution in [3.05, 3.63) is 58.6 Å². The molecule has 0 saturated heterocycles. The topological polar surface area (TPSA) is 81.9 Å². The predicted octanol–water partition coefficient (Wildman–Crippen LogP) is 3.91. The Morgan fingerprint density at radius 3 is 2.36 bits per heavy atom. The largest absolute Gasteiger partial charge is 0.496 e. The van der Waals surface area contributed by atoms with Gasteiger partial charge in [0.25, 0.3) is 5.91 Å². The lowest BCUT2D eigenvalue weighted by molar-refractivity contribution is -0.140. The number of amides is 1. The molecule has 6 nitrogen and oxygen atoms in total. The number of rotatable bonds is 6. The molecule has 2 N–H and O–H groups in total. The summed E-state index contributed by atoms with van der Waals surface area (Å²) in [7, 11) is 1.41. The van der Waals surface area contributed by atoms with E-state index < -0.39 is 18.1 Å². The fourth-order valence-corrected chi connectivity index (χ4v) is 2.81. The van der Waals surface area contributed by atoms with E-state index in [0.717, 1.165) is 5.56 Å². The van der Waals surface area contributed by atoms with Crippen molar-refractivity contribution in [2.45, 2.75) is 32.9 Å². The summed E-state index contributed by atoms with van der Waals surface area (Å²) in [6.45, 7) is 5.81. The van der Waals surface area contributed by atoms with Crippen molar-refractivity contribution < 1.29 is 19.1 Å². The van der Waals surface area contributed by atoms with E-state index >= 15 is 0 Å². The van der Waals surface area contributed by atoms with Crippen LogP contribution in [0.15, 0.2) is 42.5 Å². The number of esters is 1. The molecule has 0 aliphatic heterocycles. The highest BCUT2D eigenvalue weighted by Gasteiger charge is 2.28. The number of benzene rings is 2. The molecule has 2 aromatic rings. The van der Waals surface area contributed by atoms with Crippen molar-refractivity contribution >= 4 is 29.2 Å². The predicted molar refractivity (Wildman–Crippen MR) is 109 cm³/mol. The maximum atomic E-state index is 12.8. The molecule has 0 spiro atoms. The van der Waals surface area contributed by atoms with Crippen LogP contribution >= 0.6 is 11.6 Å². The highest BCUT2D eigenvalue weighted by Crippen LogP contribution is 2.29. The van der Waals surface area contributed by atoms with Gasteiger partial charge >= 0.3 is 5.97 Å². The summed E-state index contributed by atoms with van der Waals surface area (Å²) in [4.78, 5) is 26.9. The molecule has 0 aliphatic rings. The lowest BCUT2D eigenvalue weighted by atomic mass is 10.0. The molecule has 0 fully saturated rings. The summed E-state index contributed by atoms with van der Waals surface area (Å²) >= 11 is 5.99. The van der Waals surface area contributed by atoms with Gasteiger partial charge in [-0.05, 0) is 32.4 Å². The molecule has 0 heterocycles. The van der Waals surface area contributed by atoms with Gasteiger partial charge in [0.1, 0.15) is 11.3 Å². The number of methoxy groups -OCH3 is 1. The zero-order valence-electron chi connectivity index (χ0n) is 16.5. The molecule has 7 heteroatoms. The lowest BCUT2D eigenvalue weighted by Crippen LogP contribution is -2.46. The van der Waals surface area contributed by atoms with Gasteiger partial charge in [-0.2, -0.15) is 0 Å². The highest BCUT2D eigenvalue weighted by atomic mass is 35.5. The van der Waals surface area contributed by atoms with E-state index in [0.29, 0.717) is 6.54 Å². The number of nitrogens with two attached hydrogens (primary N) is 1. The second-order valence-corrected chi connectivity index (χ2v) is 7.69. The first-order valence-electron chi connectivity index (χ1n) is 8.78. The third-order valence-electron chi connectivity index (χ3n) is 4.16. The molecule has 0 saturated carbocycles. The summed E-state index contributed by atoms with van der Waals surface area (Å²) in [6, 6.07) is 12.4. The van der Waals surface area contributed by atoms with E-state index in [1.54, 1.807) is 4.90 Å². The van der Waals surface area contributed by atoms with Gasteiger partial charge in [0.15, 0.2) is 6.61 Å². The SMILES string of the molecule is COc1cc(N)c(Cl)cc1C(=O)OCC(=O)N(Cc1ccccc1)C(C)(C)C. The smallest absolute Gasteiger partial charge is 0.342 e. The fraction of sp³-hybridized carbons (Fsp3) is 0.333. The van der Waals surface area contributed by atoms with Gasteiger partial charge < -0.3 is 20.1 Å². The number of hydrogen-bond donors (Lipinski definition) is 1. The molecule has 0 aromatic heterocycles. The Bertz CT molecular complexity index is 847. The first-order valence-corrected chi connectivity index (χ1v) is 9.15. The Morgan fingerprint density at radius 1 is 1.14 bits per heavy atom. The van der Waals surface area contributed by atoms with Crippen LogP contribution in [-0.4, -0.2) is 36.0 Å². The van der Waals surface area contributed by atoms with Crippen molar-refractivity contribution in [2.24, 2.45) is 0 Å². The van der Waals surface area contributed by atoms with Gasteiger partial charge in [-0.15, -0.1) is 0 Å². The molecule has 0 unspecified atom stereocenters. The van der Waals surface area contributed by atoms with Crippen LogP contribution in [0.2, 0.25) is 5.02 Å². The van der Waals surface area contributed by atoms with E-state index in [-0.39, 0.29) is 27.9 Å². The first-order chi connectivity index (χ1) is 13.1. The third-order valence-corrected chi connectivity index (χ3v) is 4.49. The van der Waals surface area contributed by atoms with Gasteiger partial charge in [-0.1, -0.05) is 41.9 Å². The van der Waals surface area contributed by atoms with Crippen molar-refractivity contribution in [2.75, 3.05) is 19.5 Å². The van der Waals surface area contributed by atoms with Crippen LogP contribution < -0.4 is 10.5 Å². The summed E-state index contributed by atoms with van der Waals surface area (Å²) in [5.74, 6) is -0.776. The number of nitrogen functional groups attached to an aromatic ring is 1. The van der Waals surface area contributed by atoms with Crippen LogP contribution in [0.1, 0.15) is 36.7 Å². The normalized spacial score (nSPS) is 11.0. The number of ether oxygens (including phenoxy) is 2. The second kappa shape index (κ2) is 8.97. The summed E-state index contributed by atoms with van der Waals surface area (Å²) < 4.78 is 10.4. The average molecular weight is 405 g/mol. The summed E-state index contributed by atoms with van der Waals surface area (Å²) in [5.41, 5.74) is 6.67. The quantitative estimate of drug-likeness (QED) is 0.583. The van der Waals surface area contributed by atoms with Crippen LogP contribution in [0.5, 0.6) is 5.75 Å². The molecule has 0 atom stereocenters. The average Bonchev–Trinajstić information content (AvgIpc) is 2.65. The van der Waals surface area contributed by atoms with E-state index in [4.69, 9.17) is 26.8 Å². The molecule has 28 heavy (non-hydrogen) atoms. The maximum Gasteiger partial charge on any atom is 0.342 e. The number of nitrogens with zero attached hydrogens (tertiary/aromatic N) is 1. The van der Waals surface area contributed by atoms with Gasteiger partial charge in [-0.3, -0.25) is 4.79 Å². The van der Waals surface area contributed by atoms with E-state index in [1.165, 1.54) is 19.2 Å². The van der Waals surface area contributed by atoms with Crippen LogP contribution in [0.3, 0.4) is 0 Å². The Balaban J connectivity index is 2.12. The van der Waals surface area contributed by atoms with Crippen molar-refractivity contribution in [3.63, 3.8) is 0 Å². The third kappa shape index (κ3) is 5.39. The minimum atomic E-state index is -0.708. The Morgan fingerprint density at radius 2 is 1.79 bits per heavy atom. The Hall–Kier alpha value is -2.73. The molecule has 0 aliphatic carbocycles. The number of halogens is 1. The molecule has 150 valence electrons. The lowest BCUT2D eigenvalue weighted by Gasteiger charge is -2.35. The molecule has 2 rings (SSSR count). The van der Waals surface area contributed by atoms with Crippen LogP contribution in [-0.2, 0) is 16.1 Å². The molecule has 2 aromatic carbocycles. The minimum Gasteiger partial charge on any atom is -0.496 e. The van der Waals surface area contributed by atoms with Gasteiger partial charge in [-0.25, -0.2) is 4.79 Å².